The van der Waals surface area contributed by atoms with Crippen molar-refractivity contribution < 1.29 is 38.4 Å². The Morgan fingerprint density at radius 3 is 2.24 bits per heavy atom. The maximum absolute atomic E-state index is 12.3. The molecule has 0 bridgehead atoms. The summed E-state index contributed by atoms with van der Waals surface area (Å²) in [5.41, 5.74) is 9.08. The highest BCUT2D eigenvalue weighted by Gasteiger charge is 2.50. The molecule has 2 aliphatic rings. The Morgan fingerprint density at radius 2 is 1.70 bits per heavy atom. The van der Waals surface area contributed by atoms with Crippen molar-refractivity contribution in [2.75, 3.05) is 0 Å². The molecule has 0 aliphatic carbocycles. The van der Waals surface area contributed by atoms with Gasteiger partial charge in [0.2, 0.25) is 0 Å². The molecule has 0 amide bonds. The van der Waals surface area contributed by atoms with E-state index in [0.717, 1.165) is 6.42 Å². The van der Waals surface area contributed by atoms with Gasteiger partial charge in [-0.2, -0.15) is 0 Å². The van der Waals surface area contributed by atoms with E-state index in [2.05, 4.69) is 10.0 Å². The molecule has 0 aromatic heterocycles. The number of hydrogen-bond donors (Lipinski definition) is 1. The van der Waals surface area contributed by atoms with E-state index in [0.29, 0.717) is 0 Å². The van der Waals surface area contributed by atoms with Crippen LogP contribution in [0, 0.1) is 17.8 Å². The van der Waals surface area contributed by atoms with E-state index in [9.17, 15) is 19.5 Å². The number of aliphatic hydroxyl groups is 1. The smallest absolute Gasteiger partial charge is 0.306 e. The van der Waals surface area contributed by atoms with Crippen LogP contribution in [0.15, 0.2) is 5.11 Å². The number of esters is 1. The highest BCUT2D eigenvalue weighted by molar-refractivity contribution is 5.82. The summed E-state index contributed by atoms with van der Waals surface area (Å²) in [6, 6.07) is -0.643. The summed E-state index contributed by atoms with van der Waals surface area (Å²) >= 11 is 0. The quantitative estimate of drug-likeness (QED) is 0.234. The zero-order valence-electron chi connectivity index (χ0n) is 20.0. The lowest BCUT2D eigenvalue weighted by molar-refractivity contribution is -0.313. The third kappa shape index (κ3) is 6.51. The number of Topliss-reactive ketones (excluding diaryl/α,β-unsaturated/α-hetero) is 2. The second kappa shape index (κ2) is 11.9. The van der Waals surface area contributed by atoms with Crippen molar-refractivity contribution in [2.45, 2.75) is 104 Å². The highest BCUT2D eigenvalue weighted by Crippen LogP contribution is 2.38. The van der Waals surface area contributed by atoms with E-state index < -0.39 is 48.8 Å². The molecule has 2 aliphatic heterocycles. The molecule has 2 saturated heterocycles. The molecule has 0 spiro atoms. The summed E-state index contributed by atoms with van der Waals surface area (Å²) in [5.74, 6) is -1.80. The topological polar surface area (TPSA) is 157 Å². The Hall–Kier alpha value is -2.04. The van der Waals surface area contributed by atoms with Gasteiger partial charge in [-0.3, -0.25) is 9.59 Å². The minimum Gasteiger partial charge on any atom is -0.457 e. The molecule has 10 atom stereocenters. The Labute approximate surface area is 193 Å². The first-order valence-electron chi connectivity index (χ1n) is 11.4. The predicted molar refractivity (Wildman–Crippen MR) is 116 cm³/mol. The van der Waals surface area contributed by atoms with Crippen molar-refractivity contribution in [1.82, 2.24) is 0 Å². The number of rotatable bonds is 9. The first kappa shape index (κ1) is 27.2. The van der Waals surface area contributed by atoms with E-state index in [4.69, 9.17) is 24.5 Å². The standard InChI is InChI=1S/C22H35N3O8/c1-7-15-11(3)12(4)17(24-25-23)22(30-15)33-18-13(5)19(21(29)32-20(18)14(6)27)31-16(28)9-8-10(2)26/h11-13,15,17-22,29H,7-9H2,1-6H3/t11-,12-,13-,15-,17?,18-,19?,20-,21?,22+/m0/s1. The number of hydrogen-bond acceptors (Lipinski definition) is 9. The molecule has 0 saturated carbocycles. The van der Waals surface area contributed by atoms with Crippen LogP contribution in [-0.2, 0) is 33.3 Å². The maximum Gasteiger partial charge on any atom is 0.306 e. The molecule has 11 heteroatoms. The van der Waals surface area contributed by atoms with Crippen molar-refractivity contribution in [3.63, 3.8) is 0 Å². The molecule has 3 unspecified atom stereocenters. The van der Waals surface area contributed by atoms with Crippen LogP contribution >= 0.6 is 0 Å². The molecular weight excluding hydrogens is 434 g/mol. The zero-order valence-corrected chi connectivity index (χ0v) is 20.0. The zero-order chi connectivity index (χ0) is 24.9. The largest absolute Gasteiger partial charge is 0.457 e. The third-order valence-electron chi connectivity index (χ3n) is 6.67. The summed E-state index contributed by atoms with van der Waals surface area (Å²) in [6.07, 6.45) is -5.21. The number of ether oxygens (including phenoxy) is 4. The van der Waals surface area contributed by atoms with Gasteiger partial charge in [0.15, 0.2) is 24.5 Å². The SMILES string of the molecule is CC[C@@H]1O[C@H](O[C@H]2[C@H](C)C(OC(=O)CCC(C)=O)C(O)O[C@H]2C(C)=O)C(N=[N+]=[N-])[C@@H](C)[C@@H]1C. The van der Waals surface area contributed by atoms with Gasteiger partial charge in [0.1, 0.15) is 18.0 Å². The van der Waals surface area contributed by atoms with Gasteiger partial charge in [-0.15, -0.1) is 0 Å². The van der Waals surface area contributed by atoms with Crippen molar-refractivity contribution in [3.8, 4) is 0 Å². The van der Waals surface area contributed by atoms with Gasteiger partial charge in [-0.05, 0) is 37.6 Å². The molecule has 2 rings (SSSR count). The fourth-order valence-corrected chi connectivity index (χ4v) is 4.43. The molecule has 186 valence electrons. The van der Waals surface area contributed by atoms with Crippen molar-refractivity contribution in [2.24, 2.45) is 22.9 Å². The van der Waals surface area contributed by atoms with Crippen LogP contribution in [0.3, 0.4) is 0 Å². The minimum atomic E-state index is -1.54. The van der Waals surface area contributed by atoms with Gasteiger partial charge in [-0.25, -0.2) is 0 Å². The molecule has 0 radical (unpaired) electrons. The second-order valence-electron chi connectivity index (χ2n) is 9.04. The Morgan fingerprint density at radius 1 is 1.03 bits per heavy atom. The van der Waals surface area contributed by atoms with Crippen LogP contribution in [0.25, 0.3) is 10.4 Å². The van der Waals surface area contributed by atoms with Gasteiger partial charge < -0.3 is 28.8 Å². The molecule has 0 aromatic carbocycles. The van der Waals surface area contributed by atoms with Gasteiger partial charge in [0.25, 0.3) is 0 Å². The highest BCUT2D eigenvalue weighted by atomic mass is 16.7. The molecule has 2 fully saturated rings. The van der Waals surface area contributed by atoms with Gasteiger partial charge in [0, 0.05) is 17.3 Å². The van der Waals surface area contributed by atoms with E-state index >= 15 is 0 Å². The fraction of sp³-hybridized carbons (Fsp3) is 0.864. The van der Waals surface area contributed by atoms with Crippen molar-refractivity contribution >= 4 is 17.5 Å². The van der Waals surface area contributed by atoms with Crippen LogP contribution in [-0.4, -0.2) is 65.7 Å². The van der Waals surface area contributed by atoms with Crippen LogP contribution < -0.4 is 0 Å². The summed E-state index contributed by atoms with van der Waals surface area (Å²) in [6.45, 7) is 10.3. The number of ketones is 2. The Kier molecular flexibility index (Phi) is 9.81. The van der Waals surface area contributed by atoms with Gasteiger partial charge >= 0.3 is 5.97 Å². The minimum absolute atomic E-state index is 0.0190. The monoisotopic (exact) mass is 469 g/mol. The summed E-state index contributed by atoms with van der Waals surface area (Å²) in [5, 5.41) is 14.3. The van der Waals surface area contributed by atoms with Crippen molar-refractivity contribution in [1.29, 1.82) is 0 Å². The number of nitrogens with zero attached hydrogens (tertiary/aromatic N) is 3. The van der Waals surface area contributed by atoms with Crippen molar-refractivity contribution in [3.05, 3.63) is 10.4 Å². The number of aliphatic hydroxyl groups excluding tert-OH is 1. The van der Waals surface area contributed by atoms with Gasteiger partial charge in [-0.1, -0.05) is 32.8 Å². The first-order valence-corrected chi connectivity index (χ1v) is 11.4. The average Bonchev–Trinajstić information content (AvgIpc) is 2.75. The lowest BCUT2D eigenvalue weighted by Gasteiger charge is -2.47. The third-order valence-corrected chi connectivity index (χ3v) is 6.67. The molecule has 1 N–H and O–H groups in total. The molecule has 0 aromatic rings. The van der Waals surface area contributed by atoms with E-state index in [1.807, 2.05) is 20.8 Å². The predicted octanol–water partition coefficient (Wildman–Crippen LogP) is 2.68. The van der Waals surface area contributed by atoms with Crippen LogP contribution in [0.4, 0.5) is 0 Å². The van der Waals surface area contributed by atoms with E-state index in [1.165, 1.54) is 13.8 Å². The van der Waals surface area contributed by atoms with Crippen LogP contribution in [0.2, 0.25) is 0 Å². The normalized spacial score (nSPS) is 38.8. The van der Waals surface area contributed by atoms with Crippen LogP contribution in [0.5, 0.6) is 0 Å². The number of carbonyl (C=O) groups is 3. The van der Waals surface area contributed by atoms with E-state index in [-0.39, 0.29) is 42.3 Å². The molecule has 11 nitrogen and oxygen atoms in total. The van der Waals surface area contributed by atoms with Crippen LogP contribution in [0.1, 0.15) is 60.8 Å². The van der Waals surface area contributed by atoms with Gasteiger partial charge in [0.05, 0.1) is 18.6 Å². The lowest BCUT2D eigenvalue weighted by Crippen LogP contribution is -2.60. The van der Waals surface area contributed by atoms with E-state index in [1.54, 1.807) is 6.92 Å². The molecule has 2 heterocycles. The molecular formula is C22H35N3O8. The lowest BCUT2D eigenvalue weighted by atomic mass is 9.81. The number of azide groups is 1. The Balaban J connectivity index is 2.27. The average molecular weight is 470 g/mol. The second-order valence-corrected chi connectivity index (χ2v) is 9.04. The summed E-state index contributed by atoms with van der Waals surface area (Å²) < 4.78 is 23.2. The Bertz CT molecular complexity index is 771. The maximum atomic E-state index is 12.3. The molecule has 33 heavy (non-hydrogen) atoms. The fourth-order valence-electron chi connectivity index (χ4n) is 4.43. The summed E-state index contributed by atoms with van der Waals surface area (Å²) in [4.78, 5) is 38.6. The summed E-state index contributed by atoms with van der Waals surface area (Å²) in [7, 11) is 0. The first-order chi connectivity index (χ1) is 15.5. The number of carbonyl (C=O) groups excluding carboxylic acids is 3.